The Balaban J connectivity index is 1.46. The third-order valence-corrected chi connectivity index (χ3v) is 8.33. The third-order valence-electron chi connectivity index (χ3n) is 8.33. The minimum Gasteiger partial charge on any atom is -0.485 e. The number of amides is 1. The summed E-state index contributed by atoms with van der Waals surface area (Å²) in [7, 11) is 0. The summed E-state index contributed by atoms with van der Waals surface area (Å²) in [5.41, 5.74) is 1.17. The Kier molecular flexibility index (Phi) is 6.98. The number of carbonyl (C=O) groups is 3. The standard InChI is InChI=1S/C28H38N4O5/c1-17-21(16-33)31-14-23(17)36-24-15-32-25(10-11-29-32)30-20(24)9-7-5-6-8-18-12-22(18)37-26(34)13-19(27(31)35)28(2,3)4/h10-11,15-19,21-23H,5-9,12-14H2,1-4H3/t17-,18+,19+,21+,22+,23-/m0/s1. The van der Waals surface area contributed by atoms with Gasteiger partial charge in [-0.2, -0.15) is 5.10 Å². The van der Waals surface area contributed by atoms with E-state index in [0.29, 0.717) is 11.7 Å². The van der Waals surface area contributed by atoms with Crippen LogP contribution in [0.4, 0.5) is 0 Å². The minimum atomic E-state index is -0.627. The number of nitrogens with zero attached hydrogens (tertiary/aromatic N) is 4. The van der Waals surface area contributed by atoms with Crippen LogP contribution in [0.15, 0.2) is 18.5 Å². The van der Waals surface area contributed by atoms with Gasteiger partial charge in [0.1, 0.15) is 18.5 Å². The molecule has 2 aromatic rings. The summed E-state index contributed by atoms with van der Waals surface area (Å²) < 4.78 is 13.9. The normalized spacial score (nSPS) is 31.5. The highest BCUT2D eigenvalue weighted by atomic mass is 16.5. The van der Waals surface area contributed by atoms with Gasteiger partial charge in [-0.3, -0.25) is 9.59 Å². The van der Waals surface area contributed by atoms with Crippen LogP contribution in [-0.4, -0.2) is 62.5 Å². The monoisotopic (exact) mass is 510 g/mol. The van der Waals surface area contributed by atoms with Gasteiger partial charge in [0.05, 0.1) is 43.0 Å². The molecule has 2 aliphatic heterocycles. The zero-order valence-corrected chi connectivity index (χ0v) is 22.3. The van der Waals surface area contributed by atoms with E-state index in [1.165, 1.54) is 0 Å². The van der Waals surface area contributed by atoms with E-state index in [0.717, 1.165) is 56.2 Å². The van der Waals surface area contributed by atoms with Gasteiger partial charge in [-0.05, 0) is 37.0 Å². The molecule has 1 amide bonds. The summed E-state index contributed by atoms with van der Waals surface area (Å²) in [5, 5.41) is 4.32. The molecule has 0 unspecified atom stereocenters. The van der Waals surface area contributed by atoms with Crippen LogP contribution in [0.5, 0.6) is 5.75 Å². The Bertz CT molecular complexity index is 1170. The fourth-order valence-corrected chi connectivity index (χ4v) is 5.77. The lowest BCUT2D eigenvalue weighted by atomic mass is 9.77. The molecule has 3 aliphatic rings. The molecule has 4 heterocycles. The van der Waals surface area contributed by atoms with Crippen molar-refractivity contribution in [3.8, 4) is 5.75 Å². The van der Waals surface area contributed by atoms with Gasteiger partial charge in [-0.1, -0.05) is 40.5 Å². The van der Waals surface area contributed by atoms with Crippen LogP contribution in [0.1, 0.15) is 71.9 Å². The van der Waals surface area contributed by atoms with Crippen LogP contribution in [0.3, 0.4) is 0 Å². The molecular formula is C28H38N4O5. The molecule has 200 valence electrons. The quantitative estimate of drug-likeness (QED) is 0.426. The maximum absolute atomic E-state index is 13.9. The second kappa shape index (κ2) is 10.1. The van der Waals surface area contributed by atoms with E-state index in [1.54, 1.807) is 15.6 Å². The largest absolute Gasteiger partial charge is 0.485 e. The Morgan fingerprint density at radius 2 is 1.92 bits per heavy atom. The molecule has 0 radical (unpaired) electrons. The van der Waals surface area contributed by atoms with Gasteiger partial charge in [0, 0.05) is 12.0 Å². The summed E-state index contributed by atoms with van der Waals surface area (Å²) in [6.45, 7) is 8.07. The summed E-state index contributed by atoms with van der Waals surface area (Å²) in [5.74, 6) is -0.286. The topological polar surface area (TPSA) is 103 Å². The predicted octanol–water partition coefficient (Wildman–Crippen LogP) is 3.62. The van der Waals surface area contributed by atoms with E-state index in [2.05, 4.69) is 5.10 Å². The number of aldehydes is 1. The van der Waals surface area contributed by atoms with Gasteiger partial charge in [-0.25, -0.2) is 9.50 Å². The van der Waals surface area contributed by atoms with E-state index in [-0.39, 0.29) is 43.0 Å². The van der Waals surface area contributed by atoms with E-state index in [1.807, 2.05) is 40.0 Å². The van der Waals surface area contributed by atoms with Crippen molar-refractivity contribution in [2.45, 2.75) is 90.9 Å². The van der Waals surface area contributed by atoms with Gasteiger partial charge in [0.15, 0.2) is 11.4 Å². The first-order chi connectivity index (χ1) is 17.7. The van der Waals surface area contributed by atoms with Gasteiger partial charge >= 0.3 is 5.97 Å². The molecule has 5 rings (SSSR count). The molecule has 37 heavy (non-hydrogen) atoms. The Labute approximate surface area is 217 Å². The molecular weight excluding hydrogens is 472 g/mol. The van der Waals surface area contributed by atoms with E-state index in [9.17, 15) is 14.4 Å². The first kappa shape index (κ1) is 25.7. The fourth-order valence-electron chi connectivity index (χ4n) is 5.77. The lowest BCUT2D eigenvalue weighted by Crippen LogP contribution is -2.46. The average molecular weight is 511 g/mol. The third kappa shape index (κ3) is 5.36. The van der Waals surface area contributed by atoms with E-state index in [4.69, 9.17) is 14.5 Å². The predicted molar refractivity (Wildman–Crippen MR) is 136 cm³/mol. The molecule has 9 nitrogen and oxygen atoms in total. The molecule has 2 aromatic heterocycles. The molecule has 0 aromatic carbocycles. The number of ether oxygens (including phenoxy) is 2. The molecule has 6 atom stereocenters. The van der Waals surface area contributed by atoms with Gasteiger partial charge in [0.25, 0.3) is 0 Å². The molecule has 0 spiro atoms. The van der Waals surface area contributed by atoms with Crippen LogP contribution < -0.4 is 4.74 Å². The maximum Gasteiger partial charge on any atom is 0.306 e. The Morgan fingerprint density at radius 1 is 1.11 bits per heavy atom. The van der Waals surface area contributed by atoms with Gasteiger partial charge in [-0.15, -0.1) is 0 Å². The van der Waals surface area contributed by atoms with Crippen LogP contribution >= 0.6 is 0 Å². The van der Waals surface area contributed by atoms with E-state index >= 15 is 0 Å². The zero-order chi connectivity index (χ0) is 26.3. The number of rotatable bonds is 1. The lowest BCUT2D eigenvalue weighted by molar-refractivity contribution is -0.153. The van der Waals surface area contributed by atoms with Crippen molar-refractivity contribution in [3.63, 3.8) is 0 Å². The number of aromatic nitrogens is 3. The number of aryl methyl sites for hydroxylation is 1. The smallest absolute Gasteiger partial charge is 0.306 e. The van der Waals surface area contributed by atoms with Crippen molar-refractivity contribution < 1.29 is 23.9 Å². The number of fused-ring (bicyclic) bond motifs is 5. The lowest BCUT2D eigenvalue weighted by Gasteiger charge is -2.34. The highest BCUT2D eigenvalue weighted by molar-refractivity contribution is 5.87. The minimum absolute atomic E-state index is 0.0115. The van der Waals surface area contributed by atoms with Crippen LogP contribution in [0, 0.1) is 23.2 Å². The summed E-state index contributed by atoms with van der Waals surface area (Å²) in [6, 6.07) is 1.24. The van der Waals surface area contributed by atoms with Crippen molar-refractivity contribution in [2.75, 3.05) is 6.54 Å². The SMILES string of the molecule is C[C@@H]1[C@@H]2CN(C(=O)[C@H](C(C)(C)C)CC(=O)O[C@@H]3C[C@H]3CCCCCc3nc4ccnn4cc3O2)[C@@H]1C=O. The number of hydrogen-bond acceptors (Lipinski definition) is 7. The average Bonchev–Trinajstić information content (AvgIpc) is 3.26. The molecule has 1 saturated carbocycles. The summed E-state index contributed by atoms with van der Waals surface area (Å²) >= 11 is 0. The molecule has 2 bridgehead atoms. The van der Waals surface area contributed by atoms with Gasteiger partial charge in [0.2, 0.25) is 5.91 Å². The summed E-state index contributed by atoms with van der Waals surface area (Å²) in [4.78, 5) is 45.3. The molecule has 1 aliphatic carbocycles. The highest BCUT2D eigenvalue weighted by Gasteiger charge is 2.48. The van der Waals surface area contributed by atoms with Crippen LogP contribution in [-0.2, 0) is 25.5 Å². The van der Waals surface area contributed by atoms with Crippen molar-refractivity contribution >= 4 is 23.8 Å². The second-order valence-electron chi connectivity index (χ2n) is 12.1. The van der Waals surface area contributed by atoms with Gasteiger partial charge < -0.3 is 19.2 Å². The molecule has 1 saturated heterocycles. The van der Waals surface area contributed by atoms with Crippen molar-refractivity contribution in [1.29, 1.82) is 0 Å². The zero-order valence-electron chi connectivity index (χ0n) is 22.3. The number of carbonyl (C=O) groups excluding carboxylic acids is 3. The first-order valence-corrected chi connectivity index (χ1v) is 13.6. The Morgan fingerprint density at radius 3 is 2.68 bits per heavy atom. The summed E-state index contributed by atoms with van der Waals surface area (Å²) in [6.07, 6.45) is 9.79. The molecule has 2 fully saturated rings. The number of esters is 1. The van der Waals surface area contributed by atoms with Crippen LogP contribution in [0.25, 0.3) is 5.65 Å². The van der Waals surface area contributed by atoms with Crippen molar-refractivity contribution in [1.82, 2.24) is 19.5 Å². The fraction of sp³-hybridized carbons (Fsp3) is 0.679. The number of hydrogen-bond donors (Lipinski definition) is 0. The first-order valence-electron chi connectivity index (χ1n) is 13.6. The van der Waals surface area contributed by atoms with Crippen molar-refractivity contribution in [2.24, 2.45) is 23.2 Å². The highest BCUT2D eigenvalue weighted by Crippen LogP contribution is 2.40. The Hall–Kier alpha value is -2.97. The van der Waals surface area contributed by atoms with Crippen LogP contribution in [0.2, 0.25) is 0 Å². The van der Waals surface area contributed by atoms with E-state index < -0.39 is 17.4 Å². The molecule has 9 heteroatoms. The molecule has 0 N–H and O–H groups in total. The maximum atomic E-state index is 13.9. The second-order valence-corrected chi connectivity index (χ2v) is 12.1. The van der Waals surface area contributed by atoms with Crippen molar-refractivity contribution in [3.05, 3.63) is 24.2 Å².